The van der Waals surface area contributed by atoms with Gasteiger partial charge in [-0.25, -0.2) is 4.79 Å². The molecule has 2 atom stereocenters. The maximum Gasteiger partial charge on any atom is 0.317 e. The van der Waals surface area contributed by atoms with Gasteiger partial charge < -0.3 is 19.9 Å². The number of rotatable bonds is 2. The SMILES string of the molecule is Cc1[nH]c2ccc(CNC(=O)N3CCC4OCCN(C)C4C3)cc2c1C. The molecule has 0 saturated carbocycles. The molecule has 0 aliphatic carbocycles. The van der Waals surface area contributed by atoms with E-state index in [-0.39, 0.29) is 12.1 Å². The van der Waals surface area contributed by atoms with Crippen LogP contribution in [0.1, 0.15) is 23.2 Å². The minimum atomic E-state index is 0.0180. The lowest BCUT2D eigenvalue weighted by Gasteiger charge is -2.45. The standard InChI is InChI=1S/C20H28N4O2/c1-13-14(2)22-17-5-4-15(10-16(13)17)11-21-20(25)24-7-6-19-18(12-24)23(3)8-9-26-19/h4-5,10,18-19,22H,6-9,11-12H2,1-3H3,(H,21,25). The Kier molecular flexibility index (Phi) is 4.63. The number of likely N-dealkylation sites (tertiary alicyclic amines) is 1. The fourth-order valence-corrected chi connectivity index (χ4v) is 4.13. The Morgan fingerprint density at radius 1 is 1.35 bits per heavy atom. The van der Waals surface area contributed by atoms with Gasteiger partial charge in [-0.2, -0.15) is 0 Å². The number of piperidine rings is 1. The van der Waals surface area contributed by atoms with Gasteiger partial charge in [0.05, 0.1) is 18.8 Å². The molecule has 2 aromatic rings. The third-order valence-corrected chi connectivity index (χ3v) is 5.97. The zero-order valence-electron chi connectivity index (χ0n) is 15.8. The number of aromatic nitrogens is 1. The van der Waals surface area contributed by atoms with Crippen LogP contribution in [0.15, 0.2) is 18.2 Å². The van der Waals surface area contributed by atoms with Crippen molar-refractivity contribution in [2.24, 2.45) is 0 Å². The molecule has 2 aliphatic rings. The van der Waals surface area contributed by atoms with Crippen molar-refractivity contribution in [1.82, 2.24) is 20.1 Å². The number of nitrogens with zero attached hydrogens (tertiary/aromatic N) is 2. The first-order valence-electron chi connectivity index (χ1n) is 9.45. The first-order valence-corrected chi connectivity index (χ1v) is 9.45. The molecule has 2 aliphatic heterocycles. The summed E-state index contributed by atoms with van der Waals surface area (Å²) >= 11 is 0. The molecule has 26 heavy (non-hydrogen) atoms. The summed E-state index contributed by atoms with van der Waals surface area (Å²) in [6.07, 6.45) is 1.18. The molecule has 6 nitrogen and oxygen atoms in total. The molecule has 3 heterocycles. The highest BCUT2D eigenvalue weighted by molar-refractivity contribution is 5.85. The number of carbonyl (C=O) groups is 1. The Morgan fingerprint density at radius 2 is 2.19 bits per heavy atom. The molecule has 2 fully saturated rings. The third-order valence-electron chi connectivity index (χ3n) is 5.97. The summed E-state index contributed by atoms with van der Waals surface area (Å²) in [4.78, 5) is 20.3. The average molecular weight is 356 g/mol. The highest BCUT2D eigenvalue weighted by Gasteiger charge is 2.36. The lowest BCUT2D eigenvalue weighted by Crippen LogP contribution is -2.60. The monoisotopic (exact) mass is 356 g/mol. The van der Waals surface area contributed by atoms with Gasteiger partial charge in [0, 0.05) is 42.8 Å². The Balaban J connectivity index is 1.38. The van der Waals surface area contributed by atoms with Crippen LogP contribution >= 0.6 is 0 Å². The minimum absolute atomic E-state index is 0.0180. The number of fused-ring (bicyclic) bond motifs is 2. The van der Waals surface area contributed by atoms with Crippen LogP contribution in [0.2, 0.25) is 0 Å². The number of hydrogen-bond donors (Lipinski definition) is 2. The summed E-state index contributed by atoms with van der Waals surface area (Å²) in [5.74, 6) is 0. The topological polar surface area (TPSA) is 60.6 Å². The van der Waals surface area contributed by atoms with Crippen molar-refractivity contribution in [2.75, 3.05) is 33.3 Å². The van der Waals surface area contributed by atoms with Gasteiger partial charge in [0.25, 0.3) is 0 Å². The molecule has 0 bridgehead atoms. The summed E-state index contributed by atoms with van der Waals surface area (Å²) in [7, 11) is 2.12. The lowest BCUT2D eigenvalue weighted by molar-refractivity contribution is -0.0881. The van der Waals surface area contributed by atoms with Crippen molar-refractivity contribution in [2.45, 2.75) is 39.0 Å². The predicted octanol–water partition coefficient (Wildman–Crippen LogP) is 2.40. The summed E-state index contributed by atoms with van der Waals surface area (Å²) in [6, 6.07) is 6.67. The van der Waals surface area contributed by atoms with Crippen molar-refractivity contribution in [1.29, 1.82) is 0 Å². The maximum atomic E-state index is 12.6. The van der Waals surface area contributed by atoms with Crippen LogP contribution in [0.5, 0.6) is 0 Å². The number of benzene rings is 1. The summed E-state index contributed by atoms with van der Waals surface area (Å²) < 4.78 is 5.86. The van der Waals surface area contributed by atoms with Gasteiger partial charge in [-0.15, -0.1) is 0 Å². The van der Waals surface area contributed by atoms with Gasteiger partial charge in [0.15, 0.2) is 0 Å². The number of nitrogens with one attached hydrogen (secondary N) is 2. The average Bonchev–Trinajstić information content (AvgIpc) is 2.94. The van der Waals surface area contributed by atoms with Crippen LogP contribution in [-0.2, 0) is 11.3 Å². The summed E-state index contributed by atoms with van der Waals surface area (Å²) in [6.45, 7) is 8.00. The van der Waals surface area contributed by atoms with Crippen molar-refractivity contribution in [3.8, 4) is 0 Å². The van der Waals surface area contributed by atoms with Crippen LogP contribution < -0.4 is 5.32 Å². The first kappa shape index (κ1) is 17.4. The molecule has 2 unspecified atom stereocenters. The van der Waals surface area contributed by atoms with E-state index in [4.69, 9.17) is 4.74 Å². The molecule has 2 amide bonds. The van der Waals surface area contributed by atoms with E-state index in [1.165, 1.54) is 16.6 Å². The van der Waals surface area contributed by atoms with E-state index in [1.54, 1.807) is 0 Å². The van der Waals surface area contributed by atoms with Crippen LogP contribution in [0, 0.1) is 13.8 Å². The van der Waals surface area contributed by atoms with E-state index >= 15 is 0 Å². The summed E-state index contributed by atoms with van der Waals surface area (Å²) in [5.41, 5.74) is 4.75. The smallest absolute Gasteiger partial charge is 0.317 e. The number of H-pyrrole nitrogens is 1. The van der Waals surface area contributed by atoms with E-state index in [0.717, 1.165) is 43.7 Å². The van der Waals surface area contributed by atoms with Crippen molar-refractivity contribution < 1.29 is 9.53 Å². The number of urea groups is 1. The van der Waals surface area contributed by atoms with Crippen LogP contribution in [0.4, 0.5) is 4.79 Å². The molecule has 140 valence electrons. The van der Waals surface area contributed by atoms with Gasteiger partial charge in [0.2, 0.25) is 0 Å². The second-order valence-electron chi connectivity index (χ2n) is 7.61. The van der Waals surface area contributed by atoms with E-state index in [1.807, 2.05) is 4.90 Å². The van der Waals surface area contributed by atoms with Gasteiger partial charge >= 0.3 is 6.03 Å². The molecule has 4 rings (SSSR count). The molecule has 6 heteroatoms. The largest absolute Gasteiger partial charge is 0.375 e. The Bertz CT molecular complexity index is 815. The van der Waals surface area contributed by atoms with Crippen molar-refractivity contribution >= 4 is 16.9 Å². The van der Waals surface area contributed by atoms with Crippen molar-refractivity contribution in [3.05, 3.63) is 35.0 Å². The van der Waals surface area contributed by atoms with E-state index in [2.05, 4.69) is 54.3 Å². The molecule has 2 saturated heterocycles. The Labute approximate surface area is 154 Å². The number of amides is 2. The molecular formula is C20H28N4O2. The van der Waals surface area contributed by atoms with Gasteiger partial charge in [-0.1, -0.05) is 6.07 Å². The molecule has 0 spiro atoms. The Hall–Kier alpha value is -2.05. The fraction of sp³-hybridized carbons (Fsp3) is 0.550. The first-order chi connectivity index (χ1) is 12.5. The number of aromatic amines is 1. The van der Waals surface area contributed by atoms with Crippen LogP contribution in [0.25, 0.3) is 10.9 Å². The molecule has 2 N–H and O–H groups in total. The van der Waals surface area contributed by atoms with Gasteiger partial charge in [-0.3, -0.25) is 4.90 Å². The third kappa shape index (κ3) is 3.19. The second-order valence-corrected chi connectivity index (χ2v) is 7.61. The lowest BCUT2D eigenvalue weighted by atomic mass is 9.99. The quantitative estimate of drug-likeness (QED) is 0.869. The zero-order valence-corrected chi connectivity index (χ0v) is 15.8. The molecule has 1 aromatic carbocycles. The maximum absolute atomic E-state index is 12.6. The zero-order chi connectivity index (χ0) is 18.3. The van der Waals surface area contributed by atoms with Crippen LogP contribution in [-0.4, -0.2) is 66.2 Å². The summed E-state index contributed by atoms with van der Waals surface area (Å²) in [5, 5.41) is 4.32. The number of hydrogen-bond acceptors (Lipinski definition) is 3. The molecule has 1 aromatic heterocycles. The van der Waals surface area contributed by atoms with Crippen molar-refractivity contribution in [3.63, 3.8) is 0 Å². The Morgan fingerprint density at radius 3 is 3.04 bits per heavy atom. The second kappa shape index (κ2) is 6.93. The minimum Gasteiger partial charge on any atom is -0.375 e. The fourth-order valence-electron chi connectivity index (χ4n) is 4.13. The van der Waals surface area contributed by atoms with E-state index in [9.17, 15) is 4.79 Å². The van der Waals surface area contributed by atoms with Crippen LogP contribution in [0.3, 0.4) is 0 Å². The number of likely N-dealkylation sites (N-methyl/N-ethyl adjacent to an activating group) is 1. The number of carbonyl (C=O) groups excluding carboxylic acids is 1. The number of aryl methyl sites for hydroxylation is 2. The number of morpholine rings is 1. The van der Waals surface area contributed by atoms with Gasteiger partial charge in [-0.05, 0) is 50.6 Å². The normalized spacial score (nSPS) is 23.9. The van der Waals surface area contributed by atoms with Gasteiger partial charge in [0.1, 0.15) is 0 Å². The predicted molar refractivity (Wildman–Crippen MR) is 102 cm³/mol. The highest BCUT2D eigenvalue weighted by Crippen LogP contribution is 2.23. The van der Waals surface area contributed by atoms with E-state index in [0.29, 0.717) is 12.6 Å². The molecule has 0 radical (unpaired) electrons. The molecular weight excluding hydrogens is 328 g/mol. The highest BCUT2D eigenvalue weighted by atomic mass is 16.5. The van der Waals surface area contributed by atoms with E-state index < -0.39 is 0 Å². The number of ether oxygens (including phenoxy) is 1.